The van der Waals surface area contributed by atoms with Crippen LogP contribution >= 0.6 is 11.3 Å². The summed E-state index contributed by atoms with van der Waals surface area (Å²) < 4.78 is 7.12. The third-order valence-corrected chi connectivity index (χ3v) is 4.36. The molecule has 0 aliphatic rings. The van der Waals surface area contributed by atoms with Crippen molar-refractivity contribution in [3.63, 3.8) is 0 Å². The second kappa shape index (κ2) is 5.84. The molecule has 3 aromatic rings. The zero-order chi connectivity index (χ0) is 14.8. The zero-order valence-corrected chi connectivity index (χ0v) is 13.0. The number of benzene rings is 2. The summed E-state index contributed by atoms with van der Waals surface area (Å²) in [4.78, 5) is 4.58. The molecule has 4 heteroatoms. The van der Waals surface area contributed by atoms with Gasteiger partial charge in [0.25, 0.3) is 0 Å². The molecule has 2 aromatic carbocycles. The average molecular weight is 298 g/mol. The van der Waals surface area contributed by atoms with Crippen LogP contribution in [0.25, 0.3) is 10.2 Å². The SMILES string of the molecule is Cc1ccc(OCc2nc3ccccc3s2)c([C@@H](C)N)c1. The molecule has 3 nitrogen and oxygen atoms in total. The van der Waals surface area contributed by atoms with E-state index in [4.69, 9.17) is 10.5 Å². The molecule has 0 radical (unpaired) electrons. The minimum atomic E-state index is -0.0460. The van der Waals surface area contributed by atoms with E-state index in [9.17, 15) is 0 Å². The number of nitrogens with two attached hydrogens (primary N) is 1. The van der Waals surface area contributed by atoms with Crippen LogP contribution < -0.4 is 10.5 Å². The van der Waals surface area contributed by atoms with Crippen molar-refractivity contribution in [2.24, 2.45) is 5.73 Å². The smallest absolute Gasteiger partial charge is 0.140 e. The summed E-state index contributed by atoms with van der Waals surface area (Å²) in [6.07, 6.45) is 0. The van der Waals surface area contributed by atoms with Crippen LogP contribution in [0, 0.1) is 6.92 Å². The fraction of sp³-hybridized carbons (Fsp3) is 0.235. The van der Waals surface area contributed by atoms with E-state index in [1.54, 1.807) is 11.3 Å². The summed E-state index contributed by atoms with van der Waals surface area (Å²) in [6, 6.07) is 14.2. The van der Waals surface area contributed by atoms with Crippen LogP contribution in [-0.4, -0.2) is 4.98 Å². The lowest BCUT2D eigenvalue weighted by Gasteiger charge is -2.14. The van der Waals surface area contributed by atoms with Gasteiger partial charge in [-0.05, 0) is 32.0 Å². The van der Waals surface area contributed by atoms with Gasteiger partial charge in [0.15, 0.2) is 0 Å². The summed E-state index contributed by atoms with van der Waals surface area (Å²) in [5.41, 5.74) is 9.27. The molecule has 1 atom stereocenters. The zero-order valence-electron chi connectivity index (χ0n) is 12.2. The minimum Gasteiger partial charge on any atom is -0.486 e. The van der Waals surface area contributed by atoms with Gasteiger partial charge in [-0.15, -0.1) is 11.3 Å². The maximum absolute atomic E-state index is 6.02. The van der Waals surface area contributed by atoms with Crippen LogP contribution in [0.15, 0.2) is 42.5 Å². The number of fused-ring (bicyclic) bond motifs is 1. The molecule has 1 aromatic heterocycles. The first-order valence-corrected chi connectivity index (χ1v) is 7.78. The Labute approximate surface area is 128 Å². The lowest BCUT2D eigenvalue weighted by atomic mass is 10.1. The number of hydrogen-bond acceptors (Lipinski definition) is 4. The molecule has 1 heterocycles. The quantitative estimate of drug-likeness (QED) is 0.785. The van der Waals surface area contributed by atoms with Gasteiger partial charge in [-0.1, -0.05) is 29.8 Å². The van der Waals surface area contributed by atoms with Gasteiger partial charge < -0.3 is 10.5 Å². The molecule has 0 amide bonds. The maximum atomic E-state index is 6.02. The number of hydrogen-bond donors (Lipinski definition) is 1. The lowest BCUT2D eigenvalue weighted by molar-refractivity contribution is 0.301. The molecule has 2 N–H and O–H groups in total. The van der Waals surface area contributed by atoms with Gasteiger partial charge in [-0.3, -0.25) is 0 Å². The summed E-state index contributed by atoms with van der Waals surface area (Å²) in [7, 11) is 0. The maximum Gasteiger partial charge on any atom is 0.140 e. The summed E-state index contributed by atoms with van der Waals surface area (Å²) in [6.45, 7) is 4.50. The Kier molecular flexibility index (Phi) is 3.90. The van der Waals surface area contributed by atoms with E-state index in [1.807, 2.05) is 37.3 Å². The fourth-order valence-corrected chi connectivity index (χ4v) is 3.16. The first kappa shape index (κ1) is 14.0. The molecule has 0 saturated heterocycles. The standard InChI is InChI=1S/C17H18N2OS/c1-11-7-8-15(13(9-11)12(2)18)20-10-17-19-14-5-3-4-6-16(14)21-17/h3-9,12H,10,18H2,1-2H3/t12-/m1/s1. The van der Waals surface area contributed by atoms with Gasteiger partial charge in [0.1, 0.15) is 17.4 Å². The highest BCUT2D eigenvalue weighted by Crippen LogP contribution is 2.27. The van der Waals surface area contributed by atoms with E-state index in [2.05, 4.69) is 24.0 Å². The second-order valence-corrected chi connectivity index (χ2v) is 6.31. The van der Waals surface area contributed by atoms with Crippen LogP contribution in [0.2, 0.25) is 0 Å². The van der Waals surface area contributed by atoms with Crippen LogP contribution in [0.5, 0.6) is 5.75 Å². The van der Waals surface area contributed by atoms with Gasteiger partial charge in [-0.25, -0.2) is 4.98 Å². The van der Waals surface area contributed by atoms with Crippen molar-refractivity contribution in [2.75, 3.05) is 0 Å². The molecule has 0 aliphatic heterocycles. The Morgan fingerprint density at radius 3 is 2.81 bits per heavy atom. The highest BCUT2D eigenvalue weighted by molar-refractivity contribution is 7.18. The van der Waals surface area contributed by atoms with E-state index >= 15 is 0 Å². The number of thiazole rings is 1. The van der Waals surface area contributed by atoms with Crippen molar-refractivity contribution in [3.8, 4) is 5.75 Å². The number of rotatable bonds is 4. The Balaban J connectivity index is 1.81. The molecule has 108 valence electrons. The number of nitrogens with zero attached hydrogens (tertiary/aromatic N) is 1. The van der Waals surface area contributed by atoms with Gasteiger partial charge in [0, 0.05) is 11.6 Å². The van der Waals surface area contributed by atoms with Crippen molar-refractivity contribution < 1.29 is 4.74 Å². The third-order valence-electron chi connectivity index (χ3n) is 3.35. The minimum absolute atomic E-state index is 0.0460. The predicted octanol–water partition coefficient (Wildman–Crippen LogP) is 4.20. The Hall–Kier alpha value is -1.91. The average Bonchev–Trinajstić information content (AvgIpc) is 2.88. The number of aryl methyl sites for hydroxylation is 1. The third kappa shape index (κ3) is 3.06. The van der Waals surface area contributed by atoms with Gasteiger partial charge in [-0.2, -0.15) is 0 Å². The summed E-state index contributed by atoms with van der Waals surface area (Å²) in [5.74, 6) is 0.842. The largest absolute Gasteiger partial charge is 0.486 e. The summed E-state index contributed by atoms with van der Waals surface area (Å²) in [5, 5.41) is 0.979. The highest BCUT2D eigenvalue weighted by atomic mass is 32.1. The first-order valence-electron chi connectivity index (χ1n) is 6.97. The molecule has 0 saturated carbocycles. The van der Waals surface area contributed by atoms with Gasteiger partial charge in [0.05, 0.1) is 10.2 Å². The molecule has 0 aliphatic carbocycles. The number of aromatic nitrogens is 1. The molecule has 0 fully saturated rings. The molecule has 0 bridgehead atoms. The van der Waals surface area contributed by atoms with E-state index in [-0.39, 0.29) is 6.04 Å². The first-order chi connectivity index (χ1) is 10.1. The topological polar surface area (TPSA) is 48.1 Å². The Bertz CT molecular complexity index is 731. The van der Waals surface area contributed by atoms with Gasteiger partial charge in [0.2, 0.25) is 0 Å². The van der Waals surface area contributed by atoms with E-state index in [1.165, 1.54) is 10.3 Å². The molecule has 21 heavy (non-hydrogen) atoms. The van der Waals surface area contributed by atoms with Crippen molar-refractivity contribution in [1.29, 1.82) is 0 Å². The molecular formula is C17H18N2OS. The lowest BCUT2D eigenvalue weighted by Crippen LogP contribution is -2.08. The summed E-state index contributed by atoms with van der Waals surface area (Å²) >= 11 is 1.67. The normalized spacial score (nSPS) is 12.5. The second-order valence-electron chi connectivity index (χ2n) is 5.19. The molecule has 0 unspecified atom stereocenters. The highest BCUT2D eigenvalue weighted by Gasteiger charge is 2.10. The van der Waals surface area contributed by atoms with Crippen molar-refractivity contribution in [1.82, 2.24) is 4.98 Å². The Morgan fingerprint density at radius 2 is 2.05 bits per heavy atom. The van der Waals surface area contributed by atoms with Crippen LogP contribution in [0.3, 0.4) is 0 Å². The fourth-order valence-electron chi connectivity index (χ4n) is 2.28. The van der Waals surface area contributed by atoms with Crippen LogP contribution in [0.1, 0.15) is 29.1 Å². The van der Waals surface area contributed by atoms with E-state index in [0.29, 0.717) is 6.61 Å². The van der Waals surface area contributed by atoms with E-state index < -0.39 is 0 Å². The molecule has 0 spiro atoms. The Morgan fingerprint density at radius 1 is 1.24 bits per heavy atom. The predicted molar refractivity (Wildman–Crippen MR) is 87.7 cm³/mol. The van der Waals surface area contributed by atoms with E-state index in [0.717, 1.165) is 21.8 Å². The number of para-hydroxylation sites is 1. The molecular weight excluding hydrogens is 280 g/mol. The van der Waals surface area contributed by atoms with Gasteiger partial charge >= 0.3 is 0 Å². The molecule has 3 rings (SSSR count). The van der Waals surface area contributed by atoms with Crippen LogP contribution in [0.4, 0.5) is 0 Å². The number of ether oxygens (including phenoxy) is 1. The van der Waals surface area contributed by atoms with Crippen LogP contribution in [-0.2, 0) is 6.61 Å². The van der Waals surface area contributed by atoms with Crippen molar-refractivity contribution in [2.45, 2.75) is 26.5 Å². The van der Waals surface area contributed by atoms with Crippen molar-refractivity contribution >= 4 is 21.6 Å². The van der Waals surface area contributed by atoms with Crippen molar-refractivity contribution in [3.05, 3.63) is 58.6 Å². The monoisotopic (exact) mass is 298 g/mol.